The summed E-state index contributed by atoms with van der Waals surface area (Å²) < 4.78 is 25.3. The van der Waals surface area contributed by atoms with Crippen LogP contribution in [0.4, 0.5) is 8.78 Å². The van der Waals surface area contributed by atoms with Gasteiger partial charge < -0.3 is 10.9 Å². The Balaban J connectivity index is 3.26. The van der Waals surface area contributed by atoms with Gasteiger partial charge in [-0.2, -0.15) is 0 Å². The number of nitrogens with two attached hydrogens (primary N) is 1. The predicted octanol–water partition coefficient (Wildman–Crippen LogP) is 1.06. The van der Waals surface area contributed by atoms with Crippen LogP contribution >= 0.6 is 0 Å². The first-order valence-corrected chi connectivity index (χ1v) is 3.08. The van der Waals surface area contributed by atoms with Gasteiger partial charge in [0.2, 0.25) is 0 Å². The molecule has 0 saturated carbocycles. The number of oxime groups is 1. The van der Waals surface area contributed by atoms with Crippen LogP contribution in [0.25, 0.3) is 0 Å². The summed E-state index contributed by atoms with van der Waals surface area (Å²) in [7, 11) is 0. The van der Waals surface area contributed by atoms with Crippen LogP contribution in [0, 0.1) is 11.6 Å². The Bertz CT molecular complexity index is 325. The normalized spacial score (nSPS) is 11.7. The average Bonchev–Trinajstić information content (AvgIpc) is 2.08. The predicted molar refractivity (Wildman–Crippen MR) is 38.9 cm³/mol. The summed E-state index contributed by atoms with van der Waals surface area (Å²) in [6.07, 6.45) is 0. The second-order valence-corrected chi connectivity index (χ2v) is 2.09. The highest BCUT2D eigenvalue weighted by Crippen LogP contribution is 2.10. The van der Waals surface area contributed by atoms with Crippen LogP contribution in [-0.2, 0) is 0 Å². The van der Waals surface area contributed by atoms with Gasteiger partial charge in [0.1, 0.15) is 0 Å². The maximum atomic E-state index is 12.8. The van der Waals surface area contributed by atoms with Crippen molar-refractivity contribution in [1.82, 2.24) is 0 Å². The maximum absolute atomic E-state index is 12.8. The summed E-state index contributed by atoms with van der Waals surface area (Å²) in [6, 6.07) is 3.43. The molecular formula is C7H6F2N2O. The van der Waals surface area contributed by atoms with E-state index in [2.05, 4.69) is 5.16 Å². The van der Waals surface area contributed by atoms with E-state index in [1.54, 1.807) is 0 Å². The van der Waals surface area contributed by atoms with Crippen molar-refractivity contribution < 1.29 is 14.0 Å². The van der Waals surface area contributed by atoms with E-state index in [0.717, 1.165) is 6.07 Å². The molecule has 0 saturated heterocycles. The lowest BCUT2D eigenvalue weighted by Gasteiger charge is -1.99. The van der Waals surface area contributed by atoms with Crippen LogP contribution in [0.15, 0.2) is 23.4 Å². The monoisotopic (exact) mass is 172 g/mol. The van der Waals surface area contributed by atoms with Crippen LogP contribution in [0.2, 0.25) is 0 Å². The molecule has 1 aromatic carbocycles. The molecule has 0 aliphatic heterocycles. The fourth-order valence-electron chi connectivity index (χ4n) is 0.755. The highest BCUT2D eigenvalue weighted by molar-refractivity contribution is 5.97. The number of halogens is 2. The molecule has 12 heavy (non-hydrogen) atoms. The van der Waals surface area contributed by atoms with E-state index in [9.17, 15) is 8.78 Å². The van der Waals surface area contributed by atoms with Crippen molar-refractivity contribution in [3.8, 4) is 0 Å². The Morgan fingerprint density at radius 2 is 2.08 bits per heavy atom. The third-order valence-electron chi connectivity index (χ3n) is 1.34. The van der Waals surface area contributed by atoms with E-state index in [1.165, 1.54) is 12.1 Å². The lowest BCUT2D eigenvalue weighted by molar-refractivity contribution is 0.318. The lowest BCUT2D eigenvalue weighted by Crippen LogP contribution is -2.15. The van der Waals surface area contributed by atoms with Crippen molar-refractivity contribution in [2.45, 2.75) is 0 Å². The molecule has 0 fully saturated rings. The standard InChI is InChI=1S/C7H6F2N2O/c8-5-3-1-2-4(6(5)9)7(10)11-12/h1-3,12H,(H2,10,11). The first-order chi connectivity index (χ1) is 5.66. The van der Waals surface area contributed by atoms with Gasteiger partial charge in [0.25, 0.3) is 0 Å². The topological polar surface area (TPSA) is 58.6 Å². The molecule has 5 heteroatoms. The molecule has 0 radical (unpaired) electrons. The van der Waals surface area contributed by atoms with Gasteiger partial charge in [-0.15, -0.1) is 0 Å². The van der Waals surface area contributed by atoms with Gasteiger partial charge in [-0.25, -0.2) is 8.78 Å². The molecule has 0 spiro atoms. The first kappa shape index (κ1) is 8.45. The summed E-state index contributed by atoms with van der Waals surface area (Å²) in [4.78, 5) is 0. The van der Waals surface area contributed by atoms with E-state index in [-0.39, 0.29) is 5.56 Å². The number of rotatable bonds is 1. The number of hydrogen-bond acceptors (Lipinski definition) is 2. The van der Waals surface area contributed by atoms with Gasteiger partial charge in [0.05, 0.1) is 5.56 Å². The number of hydrogen-bond donors (Lipinski definition) is 2. The molecular weight excluding hydrogens is 166 g/mol. The molecule has 1 aromatic rings. The zero-order chi connectivity index (χ0) is 9.14. The smallest absolute Gasteiger partial charge is 0.173 e. The van der Waals surface area contributed by atoms with E-state index < -0.39 is 17.5 Å². The third kappa shape index (κ3) is 1.34. The molecule has 1 rings (SSSR count). The number of benzene rings is 1. The molecule has 0 heterocycles. The van der Waals surface area contributed by atoms with Crippen LogP contribution in [0.3, 0.4) is 0 Å². The van der Waals surface area contributed by atoms with Crippen molar-refractivity contribution >= 4 is 5.84 Å². The third-order valence-corrected chi connectivity index (χ3v) is 1.34. The molecule has 0 unspecified atom stereocenters. The second-order valence-electron chi connectivity index (χ2n) is 2.09. The van der Waals surface area contributed by atoms with Gasteiger partial charge in [0, 0.05) is 0 Å². The van der Waals surface area contributed by atoms with Crippen molar-refractivity contribution in [2.24, 2.45) is 10.9 Å². The first-order valence-electron chi connectivity index (χ1n) is 3.08. The van der Waals surface area contributed by atoms with Crippen LogP contribution in [0.5, 0.6) is 0 Å². The van der Waals surface area contributed by atoms with Crippen molar-refractivity contribution in [2.75, 3.05) is 0 Å². The fraction of sp³-hybridized carbons (Fsp3) is 0. The van der Waals surface area contributed by atoms with Gasteiger partial charge in [0.15, 0.2) is 17.5 Å². The summed E-state index contributed by atoms with van der Waals surface area (Å²) >= 11 is 0. The van der Waals surface area contributed by atoms with E-state index in [4.69, 9.17) is 10.9 Å². The molecule has 0 atom stereocenters. The SMILES string of the molecule is N/C(=N\O)c1cccc(F)c1F. The Kier molecular flexibility index (Phi) is 2.23. The van der Waals surface area contributed by atoms with Gasteiger partial charge in [-0.1, -0.05) is 11.2 Å². The van der Waals surface area contributed by atoms with Crippen molar-refractivity contribution in [3.63, 3.8) is 0 Å². The van der Waals surface area contributed by atoms with E-state index in [0.29, 0.717) is 0 Å². The Morgan fingerprint density at radius 3 is 2.67 bits per heavy atom. The van der Waals surface area contributed by atoms with Crippen LogP contribution < -0.4 is 5.73 Å². The Labute approximate surface area is 67.1 Å². The van der Waals surface area contributed by atoms with Crippen molar-refractivity contribution in [3.05, 3.63) is 35.4 Å². The van der Waals surface area contributed by atoms with Gasteiger partial charge in [-0.05, 0) is 12.1 Å². The minimum absolute atomic E-state index is 0.252. The highest BCUT2D eigenvalue weighted by Gasteiger charge is 2.10. The molecule has 3 nitrogen and oxygen atoms in total. The van der Waals surface area contributed by atoms with Gasteiger partial charge in [-0.3, -0.25) is 0 Å². The van der Waals surface area contributed by atoms with Crippen molar-refractivity contribution in [1.29, 1.82) is 0 Å². The quantitative estimate of drug-likeness (QED) is 0.288. The van der Waals surface area contributed by atoms with E-state index in [1.807, 2.05) is 0 Å². The summed E-state index contributed by atoms with van der Waals surface area (Å²) in [6.45, 7) is 0. The minimum Gasteiger partial charge on any atom is -0.409 e. The molecule has 64 valence electrons. The zero-order valence-corrected chi connectivity index (χ0v) is 5.96. The lowest BCUT2D eigenvalue weighted by atomic mass is 10.2. The molecule has 0 aliphatic rings. The zero-order valence-electron chi connectivity index (χ0n) is 5.96. The molecule has 3 N–H and O–H groups in total. The Morgan fingerprint density at radius 1 is 1.42 bits per heavy atom. The fourth-order valence-corrected chi connectivity index (χ4v) is 0.755. The summed E-state index contributed by atoms with van der Waals surface area (Å²) in [5.41, 5.74) is 4.80. The highest BCUT2D eigenvalue weighted by atomic mass is 19.2. The molecule has 0 aliphatic carbocycles. The molecule has 0 amide bonds. The van der Waals surface area contributed by atoms with Crippen LogP contribution in [0.1, 0.15) is 5.56 Å². The maximum Gasteiger partial charge on any atom is 0.173 e. The van der Waals surface area contributed by atoms with Crippen LogP contribution in [-0.4, -0.2) is 11.0 Å². The number of amidine groups is 1. The molecule has 0 aromatic heterocycles. The van der Waals surface area contributed by atoms with Gasteiger partial charge >= 0.3 is 0 Å². The second kappa shape index (κ2) is 3.17. The largest absolute Gasteiger partial charge is 0.409 e. The molecule has 0 bridgehead atoms. The summed E-state index contributed by atoms with van der Waals surface area (Å²) in [5.74, 6) is -2.60. The summed E-state index contributed by atoms with van der Waals surface area (Å²) in [5, 5.41) is 10.7. The minimum atomic E-state index is -1.12. The Hall–Kier alpha value is -1.65. The average molecular weight is 172 g/mol. The van der Waals surface area contributed by atoms with E-state index >= 15 is 0 Å². The number of nitrogens with zero attached hydrogens (tertiary/aromatic N) is 1.